The summed E-state index contributed by atoms with van der Waals surface area (Å²) in [6.07, 6.45) is 0. The van der Waals surface area contributed by atoms with Crippen LogP contribution in [0.25, 0.3) is 58.7 Å². The SMILES string of the molecule is Cc1c(Sc2ccccc2)c2ccccc2c2c3ccccc3n(-c3nc(Cl)nc4c3sc3ccccc34)c12. The predicted molar refractivity (Wildman–Crippen MR) is 167 cm³/mol. The lowest BCUT2D eigenvalue weighted by molar-refractivity contribution is 1.07. The van der Waals surface area contributed by atoms with Crippen LogP contribution in [0.5, 0.6) is 0 Å². The van der Waals surface area contributed by atoms with Crippen LogP contribution in [0.3, 0.4) is 0 Å². The van der Waals surface area contributed by atoms with Crippen molar-refractivity contribution in [3.05, 3.63) is 114 Å². The smallest absolute Gasteiger partial charge is 0.225 e. The van der Waals surface area contributed by atoms with Gasteiger partial charge in [0.25, 0.3) is 0 Å². The molecule has 3 nitrogen and oxygen atoms in total. The zero-order chi connectivity index (χ0) is 26.1. The lowest BCUT2D eigenvalue weighted by Crippen LogP contribution is -2.01. The standard InChI is InChI=1S/C33H20ClN3S2/c1-19-29-27(21-13-5-6-14-22(21)30(19)38-20-11-3-2-4-12-20)23-15-7-9-17-25(23)37(29)32-31-28(35-33(34)36-32)24-16-8-10-18-26(24)39-31/h2-18H,1H3. The average Bonchev–Trinajstić information content (AvgIpc) is 3.52. The molecule has 0 saturated carbocycles. The quantitative estimate of drug-likeness (QED) is 0.202. The molecule has 0 N–H and O–H groups in total. The van der Waals surface area contributed by atoms with Gasteiger partial charge in [-0.2, -0.15) is 4.98 Å². The summed E-state index contributed by atoms with van der Waals surface area (Å²) in [5, 5.41) is 6.29. The van der Waals surface area contributed by atoms with E-state index >= 15 is 0 Å². The first kappa shape index (κ1) is 23.0. The number of halogens is 1. The number of rotatable bonds is 3. The van der Waals surface area contributed by atoms with Crippen LogP contribution in [0, 0.1) is 6.92 Å². The van der Waals surface area contributed by atoms with Crippen molar-refractivity contribution in [2.24, 2.45) is 0 Å². The molecule has 0 aliphatic carbocycles. The first-order valence-electron chi connectivity index (χ1n) is 12.7. The molecule has 0 aliphatic heterocycles. The molecule has 0 aliphatic rings. The summed E-state index contributed by atoms with van der Waals surface area (Å²) in [5.74, 6) is 0.825. The Hall–Kier alpha value is -3.90. The molecule has 0 unspecified atom stereocenters. The van der Waals surface area contributed by atoms with E-state index < -0.39 is 0 Å². The van der Waals surface area contributed by atoms with Gasteiger partial charge in [-0.1, -0.05) is 90.6 Å². The first-order valence-corrected chi connectivity index (χ1v) is 14.7. The van der Waals surface area contributed by atoms with Crippen molar-refractivity contribution in [2.75, 3.05) is 0 Å². The molecule has 0 fully saturated rings. The van der Waals surface area contributed by atoms with E-state index in [1.165, 1.54) is 41.6 Å². The van der Waals surface area contributed by atoms with Crippen LogP contribution in [0.15, 0.2) is 113 Å². The second kappa shape index (κ2) is 8.82. The van der Waals surface area contributed by atoms with E-state index in [9.17, 15) is 0 Å². The molecule has 0 spiro atoms. The van der Waals surface area contributed by atoms with Crippen LogP contribution in [-0.2, 0) is 0 Å². The number of nitrogens with zero attached hydrogens (tertiary/aromatic N) is 3. The maximum atomic E-state index is 6.64. The molecule has 0 saturated heterocycles. The molecule has 39 heavy (non-hydrogen) atoms. The minimum atomic E-state index is 0.254. The van der Waals surface area contributed by atoms with Crippen molar-refractivity contribution in [2.45, 2.75) is 16.7 Å². The zero-order valence-corrected chi connectivity index (χ0v) is 23.2. The van der Waals surface area contributed by atoms with Gasteiger partial charge in [0, 0.05) is 30.6 Å². The Bertz CT molecular complexity index is 2230. The largest absolute Gasteiger partial charge is 0.292 e. The van der Waals surface area contributed by atoms with Crippen LogP contribution in [0.1, 0.15) is 5.56 Å². The van der Waals surface area contributed by atoms with E-state index in [1.807, 2.05) is 17.8 Å². The lowest BCUT2D eigenvalue weighted by Gasteiger charge is -2.15. The summed E-state index contributed by atoms with van der Waals surface area (Å²) in [7, 11) is 0. The average molecular weight is 558 g/mol. The molecule has 186 valence electrons. The Morgan fingerprint density at radius 2 is 1.38 bits per heavy atom. The number of hydrogen-bond donors (Lipinski definition) is 0. The Morgan fingerprint density at radius 3 is 2.21 bits per heavy atom. The third-order valence-corrected chi connectivity index (χ3v) is 9.92. The van der Waals surface area contributed by atoms with Gasteiger partial charge >= 0.3 is 0 Å². The van der Waals surface area contributed by atoms with Gasteiger partial charge in [-0.05, 0) is 59.1 Å². The number of benzene rings is 5. The molecule has 8 rings (SSSR count). The molecule has 0 radical (unpaired) electrons. The van der Waals surface area contributed by atoms with E-state index in [-0.39, 0.29) is 5.28 Å². The van der Waals surface area contributed by atoms with E-state index in [4.69, 9.17) is 16.6 Å². The summed E-state index contributed by atoms with van der Waals surface area (Å²) in [6.45, 7) is 2.24. The fourth-order valence-corrected chi connectivity index (χ4v) is 8.09. The summed E-state index contributed by atoms with van der Waals surface area (Å²) in [4.78, 5) is 12.0. The molecule has 0 amide bonds. The summed E-state index contributed by atoms with van der Waals surface area (Å²) in [6, 6.07) is 36.3. The van der Waals surface area contributed by atoms with Crippen LogP contribution in [-0.4, -0.2) is 14.5 Å². The first-order chi connectivity index (χ1) is 19.2. The van der Waals surface area contributed by atoms with E-state index in [0.29, 0.717) is 0 Å². The van der Waals surface area contributed by atoms with Crippen molar-refractivity contribution in [1.82, 2.24) is 14.5 Å². The number of aromatic nitrogens is 3. The minimum Gasteiger partial charge on any atom is -0.292 e. The molecule has 0 bridgehead atoms. The van der Waals surface area contributed by atoms with Crippen LogP contribution >= 0.6 is 34.7 Å². The summed E-state index contributed by atoms with van der Waals surface area (Å²) >= 11 is 10.2. The van der Waals surface area contributed by atoms with Crippen molar-refractivity contribution in [3.63, 3.8) is 0 Å². The van der Waals surface area contributed by atoms with Gasteiger partial charge in [0.05, 0.1) is 21.3 Å². The third-order valence-electron chi connectivity index (χ3n) is 7.36. The van der Waals surface area contributed by atoms with Gasteiger partial charge < -0.3 is 0 Å². The number of aryl methyl sites for hydroxylation is 1. The highest BCUT2D eigenvalue weighted by Gasteiger charge is 2.24. The highest BCUT2D eigenvalue weighted by molar-refractivity contribution is 7.99. The van der Waals surface area contributed by atoms with Crippen molar-refractivity contribution >= 4 is 87.6 Å². The fourth-order valence-electron chi connectivity index (χ4n) is 5.74. The second-order valence-electron chi connectivity index (χ2n) is 9.58. The maximum absolute atomic E-state index is 6.64. The van der Waals surface area contributed by atoms with Gasteiger partial charge in [-0.25, -0.2) is 4.98 Å². The van der Waals surface area contributed by atoms with E-state index in [1.54, 1.807) is 11.3 Å². The van der Waals surface area contributed by atoms with Gasteiger partial charge in [0.15, 0.2) is 5.82 Å². The number of hydrogen-bond acceptors (Lipinski definition) is 4. The summed E-state index contributed by atoms with van der Waals surface area (Å²) < 4.78 is 4.52. The molecule has 8 aromatic rings. The molecule has 3 aromatic heterocycles. The molecule has 5 aromatic carbocycles. The number of para-hydroxylation sites is 1. The Morgan fingerprint density at radius 1 is 0.718 bits per heavy atom. The minimum absolute atomic E-state index is 0.254. The van der Waals surface area contributed by atoms with E-state index in [2.05, 4.69) is 114 Å². The monoisotopic (exact) mass is 557 g/mol. The molecular formula is C33H20ClN3S2. The molecule has 3 heterocycles. The fraction of sp³-hybridized carbons (Fsp3) is 0.0303. The van der Waals surface area contributed by atoms with Crippen molar-refractivity contribution in [1.29, 1.82) is 0 Å². The van der Waals surface area contributed by atoms with E-state index in [0.717, 1.165) is 32.5 Å². The van der Waals surface area contributed by atoms with Crippen LogP contribution in [0.4, 0.5) is 0 Å². The lowest BCUT2D eigenvalue weighted by atomic mass is 10.0. The van der Waals surface area contributed by atoms with Crippen LogP contribution < -0.4 is 0 Å². The Labute approximate surface area is 237 Å². The highest BCUT2D eigenvalue weighted by atomic mass is 35.5. The third kappa shape index (κ3) is 3.44. The van der Waals surface area contributed by atoms with Crippen LogP contribution in [0.2, 0.25) is 5.28 Å². The molecule has 0 atom stereocenters. The molecule has 6 heteroatoms. The van der Waals surface area contributed by atoms with Gasteiger partial charge in [0.2, 0.25) is 5.28 Å². The van der Waals surface area contributed by atoms with Gasteiger partial charge in [0.1, 0.15) is 0 Å². The maximum Gasteiger partial charge on any atom is 0.225 e. The summed E-state index contributed by atoms with van der Waals surface area (Å²) in [5.41, 5.74) is 4.38. The van der Waals surface area contributed by atoms with Crippen molar-refractivity contribution < 1.29 is 0 Å². The molecular weight excluding hydrogens is 538 g/mol. The van der Waals surface area contributed by atoms with Crippen molar-refractivity contribution in [3.8, 4) is 5.82 Å². The number of fused-ring (bicyclic) bond motifs is 8. The predicted octanol–water partition coefficient (Wildman–Crippen LogP) is 10.2. The van der Waals surface area contributed by atoms with Gasteiger partial charge in [-0.3, -0.25) is 4.57 Å². The topological polar surface area (TPSA) is 30.7 Å². The normalized spacial score (nSPS) is 11.9. The Kier molecular flexibility index (Phi) is 5.21. The second-order valence-corrected chi connectivity index (χ2v) is 12.1. The highest BCUT2D eigenvalue weighted by Crippen LogP contribution is 2.46. The number of thiophene rings is 1. The zero-order valence-electron chi connectivity index (χ0n) is 20.9. The Balaban J connectivity index is 1.58. The van der Waals surface area contributed by atoms with Gasteiger partial charge in [-0.15, -0.1) is 11.3 Å².